The van der Waals surface area contributed by atoms with Crippen molar-refractivity contribution in [2.24, 2.45) is 10.5 Å². The standard InChI is InChI=1S/C19H19Br2N3O3/c1-11-7-8-15(27-11)16(25)22-14-6-4-5-13(9-14)12(2)23-24-17(26)18(3)10-19(18,20)21/h4-9H,10H2,1-3H3,(H,22,25)(H,24,26)/t18-/m0/s1. The number of furan rings is 1. The van der Waals surface area contributed by atoms with Gasteiger partial charge in [0, 0.05) is 5.69 Å². The van der Waals surface area contributed by atoms with Crippen molar-refractivity contribution >= 4 is 55.1 Å². The summed E-state index contributed by atoms with van der Waals surface area (Å²) < 4.78 is 4.96. The lowest BCUT2D eigenvalue weighted by Crippen LogP contribution is -2.30. The number of nitrogens with one attached hydrogen (secondary N) is 2. The molecule has 1 heterocycles. The summed E-state index contributed by atoms with van der Waals surface area (Å²) in [6.45, 7) is 5.44. The molecule has 0 aliphatic heterocycles. The van der Waals surface area contributed by atoms with Crippen molar-refractivity contribution in [2.75, 3.05) is 5.32 Å². The van der Waals surface area contributed by atoms with Gasteiger partial charge in [0.05, 0.1) is 14.4 Å². The number of aryl methyl sites for hydroxylation is 1. The molecular weight excluding hydrogens is 478 g/mol. The molecule has 0 saturated heterocycles. The number of carbonyl (C=O) groups is 2. The van der Waals surface area contributed by atoms with Gasteiger partial charge in [0.15, 0.2) is 5.76 Å². The number of hydrogen-bond acceptors (Lipinski definition) is 4. The fourth-order valence-electron chi connectivity index (χ4n) is 2.54. The summed E-state index contributed by atoms with van der Waals surface area (Å²) >= 11 is 6.95. The summed E-state index contributed by atoms with van der Waals surface area (Å²) in [5, 5.41) is 6.98. The van der Waals surface area contributed by atoms with Crippen LogP contribution in [0.25, 0.3) is 0 Å². The SMILES string of the molecule is CC(=NNC(=O)[C@]1(C)CC1(Br)Br)c1cccc(NC(=O)c2ccc(C)o2)c1. The van der Waals surface area contributed by atoms with E-state index in [1.54, 1.807) is 38.1 Å². The number of nitrogens with zero attached hydrogens (tertiary/aromatic N) is 1. The Morgan fingerprint density at radius 2 is 1.93 bits per heavy atom. The van der Waals surface area contributed by atoms with E-state index in [4.69, 9.17) is 4.42 Å². The first-order valence-corrected chi connectivity index (χ1v) is 9.92. The summed E-state index contributed by atoms with van der Waals surface area (Å²) in [7, 11) is 0. The third-order valence-electron chi connectivity index (χ3n) is 4.59. The number of alkyl halides is 2. The van der Waals surface area contributed by atoms with Gasteiger partial charge >= 0.3 is 0 Å². The van der Waals surface area contributed by atoms with E-state index >= 15 is 0 Å². The van der Waals surface area contributed by atoms with Crippen LogP contribution in [-0.2, 0) is 4.79 Å². The maximum Gasteiger partial charge on any atom is 0.291 e. The normalized spacial score (nSPS) is 20.9. The Bertz CT molecular complexity index is 936. The van der Waals surface area contributed by atoms with Crippen LogP contribution in [0.2, 0.25) is 0 Å². The zero-order valence-electron chi connectivity index (χ0n) is 15.1. The Morgan fingerprint density at radius 3 is 2.52 bits per heavy atom. The lowest BCUT2D eigenvalue weighted by atomic mass is 10.1. The third kappa shape index (κ3) is 4.16. The van der Waals surface area contributed by atoms with E-state index in [0.29, 0.717) is 23.6 Å². The lowest BCUT2D eigenvalue weighted by molar-refractivity contribution is -0.125. The van der Waals surface area contributed by atoms with Crippen LogP contribution in [-0.4, -0.2) is 20.8 Å². The molecule has 0 spiro atoms. The van der Waals surface area contributed by atoms with Gasteiger partial charge in [0.2, 0.25) is 5.91 Å². The van der Waals surface area contributed by atoms with Gasteiger partial charge in [0.1, 0.15) is 5.76 Å². The predicted molar refractivity (Wildman–Crippen MR) is 112 cm³/mol. The number of rotatable bonds is 5. The highest BCUT2D eigenvalue weighted by molar-refractivity contribution is 9.25. The number of amides is 2. The van der Waals surface area contributed by atoms with Gasteiger partial charge in [-0.15, -0.1) is 0 Å². The topological polar surface area (TPSA) is 83.7 Å². The van der Waals surface area contributed by atoms with Crippen molar-refractivity contribution in [3.63, 3.8) is 0 Å². The summed E-state index contributed by atoms with van der Waals surface area (Å²) in [6, 6.07) is 10.6. The molecule has 3 rings (SSSR count). The largest absolute Gasteiger partial charge is 0.456 e. The molecule has 27 heavy (non-hydrogen) atoms. The van der Waals surface area contributed by atoms with Gasteiger partial charge in [-0.05, 0) is 57.0 Å². The predicted octanol–water partition coefficient (Wildman–Crippen LogP) is 4.58. The first kappa shape index (κ1) is 19.8. The molecule has 2 aromatic rings. The fraction of sp³-hybridized carbons (Fsp3) is 0.316. The number of hydrogen-bond donors (Lipinski definition) is 2. The van der Waals surface area contributed by atoms with Crippen LogP contribution in [0, 0.1) is 12.3 Å². The summed E-state index contributed by atoms with van der Waals surface area (Å²) in [5.74, 6) is 0.443. The highest BCUT2D eigenvalue weighted by atomic mass is 79.9. The number of hydrazone groups is 1. The number of halogens is 2. The molecule has 0 bridgehead atoms. The monoisotopic (exact) mass is 495 g/mol. The number of benzene rings is 1. The minimum atomic E-state index is -0.534. The van der Waals surface area contributed by atoms with Gasteiger partial charge in [-0.3, -0.25) is 9.59 Å². The van der Waals surface area contributed by atoms with Crippen LogP contribution >= 0.6 is 31.9 Å². The molecule has 1 aromatic carbocycles. The first-order chi connectivity index (χ1) is 12.6. The van der Waals surface area contributed by atoms with Crippen molar-refractivity contribution in [3.05, 3.63) is 53.5 Å². The van der Waals surface area contributed by atoms with E-state index in [2.05, 4.69) is 47.7 Å². The molecule has 1 atom stereocenters. The second-order valence-corrected chi connectivity index (χ2v) is 10.6. The number of carbonyl (C=O) groups excluding carboxylic acids is 2. The average molecular weight is 497 g/mol. The Labute approximate surface area is 174 Å². The van der Waals surface area contributed by atoms with Crippen LogP contribution in [0.4, 0.5) is 5.69 Å². The molecule has 0 radical (unpaired) electrons. The Morgan fingerprint density at radius 1 is 1.22 bits per heavy atom. The van der Waals surface area contributed by atoms with Crippen LogP contribution in [0.1, 0.15) is 42.1 Å². The van der Waals surface area contributed by atoms with Crippen molar-refractivity contribution < 1.29 is 14.0 Å². The molecule has 2 N–H and O–H groups in total. The van der Waals surface area contributed by atoms with E-state index in [1.807, 2.05) is 19.1 Å². The highest BCUT2D eigenvalue weighted by Crippen LogP contribution is 2.66. The van der Waals surface area contributed by atoms with Crippen molar-refractivity contribution in [3.8, 4) is 0 Å². The summed E-state index contributed by atoms with van der Waals surface area (Å²) in [6.07, 6.45) is 0.689. The molecule has 8 heteroatoms. The van der Waals surface area contributed by atoms with Gasteiger partial charge in [-0.25, -0.2) is 5.43 Å². The minimum Gasteiger partial charge on any atom is -0.456 e. The Hall–Kier alpha value is -1.93. The Kier molecular flexibility index (Phi) is 5.31. The Balaban J connectivity index is 1.67. The zero-order chi connectivity index (χ0) is 19.8. The molecule has 0 unspecified atom stereocenters. The van der Waals surface area contributed by atoms with E-state index < -0.39 is 5.41 Å². The molecule has 1 aromatic heterocycles. The quantitative estimate of drug-likeness (QED) is 0.361. The first-order valence-electron chi connectivity index (χ1n) is 8.33. The minimum absolute atomic E-state index is 0.159. The van der Waals surface area contributed by atoms with Crippen LogP contribution in [0.5, 0.6) is 0 Å². The third-order valence-corrected chi connectivity index (χ3v) is 6.90. The summed E-state index contributed by atoms with van der Waals surface area (Å²) in [4.78, 5) is 24.5. The van der Waals surface area contributed by atoms with Crippen LogP contribution < -0.4 is 10.7 Å². The van der Waals surface area contributed by atoms with Gasteiger partial charge in [-0.2, -0.15) is 5.10 Å². The average Bonchev–Trinajstić information content (AvgIpc) is 2.94. The molecule has 142 valence electrons. The van der Waals surface area contributed by atoms with Crippen molar-refractivity contribution in [1.82, 2.24) is 5.43 Å². The van der Waals surface area contributed by atoms with Gasteiger partial charge in [0.25, 0.3) is 5.91 Å². The molecule has 2 amide bonds. The molecule has 1 saturated carbocycles. The lowest BCUT2D eigenvalue weighted by Gasteiger charge is -2.11. The molecule has 1 aliphatic rings. The van der Waals surface area contributed by atoms with Crippen LogP contribution in [0.15, 0.2) is 45.9 Å². The molecular formula is C19H19Br2N3O3. The molecule has 1 aliphatic carbocycles. The van der Waals surface area contributed by atoms with E-state index in [1.165, 1.54) is 0 Å². The number of anilines is 1. The van der Waals surface area contributed by atoms with E-state index in [9.17, 15) is 9.59 Å². The van der Waals surface area contributed by atoms with Gasteiger partial charge in [-0.1, -0.05) is 44.0 Å². The van der Waals surface area contributed by atoms with E-state index in [0.717, 1.165) is 5.56 Å². The van der Waals surface area contributed by atoms with Gasteiger partial charge < -0.3 is 9.73 Å². The second kappa shape index (κ2) is 7.24. The summed E-state index contributed by atoms with van der Waals surface area (Å²) in [5.41, 5.74) is 4.11. The smallest absolute Gasteiger partial charge is 0.291 e. The maximum atomic E-state index is 12.3. The molecule has 1 fully saturated rings. The molecule has 6 nitrogen and oxygen atoms in total. The fourth-order valence-corrected chi connectivity index (χ4v) is 4.02. The maximum absolute atomic E-state index is 12.3. The van der Waals surface area contributed by atoms with Crippen molar-refractivity contribution in [2.45, 2.75) is 30.4 Å². The van der Waals surface area contributed by atoms with Crippen LogP contribution in [0.3, 0.4) is 0 Å². The van der Waals surface area contributed by atoms with E-state index in [-0.39, 0.29) is 20.8 Å². The van der Waals surface area contributed by atoms with Crippen molar-refractivity contribution in [1.29, 1.82) is 0 Å². The highest BCUT2D eigenvalue weighted by Gasteiger charge is 2.66. The second-order valence-electron chi connectivity index (χ2n) is 6.80. The zero-order valence-corrected chi connectivity index (χ0v) is 18.3.